The minimum atomic E-state index is -7.09. The first-order valence-electron chi connectivity index (χ1n) is 33.6. The van der Waals surface area contributed by atoms with Crippen molar-refractivity contribution < 1.29 is 412 Å². The summed E-state index contributed by atoms with van der Waals surface area (Å²) in [7, 11) is -127. The van der Waals surface area contributed by atoms with Crippen molar-refractivity contribution in [3.8, 4) is 0 Å². The molecule has 0 bridgehead atoms. The molecule has 30 atom stereocenters. The second-order valence-corrected chi connectivity index (χ2v) is 46.3. The monoisotopic (exact) mass is 2530 g/mol. The Morgan fingerprint density at radius 1 is 0.160 bits per heavy atom. The van der Waals surface area contributed by atoms with E-state index in [0.717, 1.165) is 0 Å². The van der Waals surface area contributed by atoms with Gasteiger partial charge in [-0.15, -0.1) is 0 Å². The van der Waals surface area contributed by atoms with Gasteiger partial charge in [0.1, 0.15) is 97.7 Å². The summed E-state index contributed by atoms with van der Waals surface area (Å²) < 4.78 is 809. The maximum Gasteiger partial charge on any atom is 1.00 e. The Labute approximate surface area is 827 Å². The first-order chi connectivity index (χ1) is 63.6. The molecular formula is C36H62NaO88S19+. The van der Waals surface area contributed by atoms with Gasteiger partial charge >= 0.3 is 227 Å². The van der Waals surface area contributed by atoms with E-state index in [-0.39, 0.29) is 36.7 Å². The number of hydrogen-bond donors (Lipinski definition) is 19. The van der Waals surface area contributed by atoms with Gasteiger partial charge in [-0.05, 0) is 0 Å². The van der Waals surface area contributed by atoms with Crippen LogP contribution in [0.4, 0.5) is 0 Å². The minimum absolute atomic E-state index is 0. The molecule has 6 rings (SSSR count). The van der Waals surface area contributed by atoms with Gasteiger partial charge in [-0.3, -0.25) is 86.5 Å². The van der Waals surface area contributed by atoms with Crippen molar-refractivity contribution in [3.05, 3.63) is 0 Å². The Kier molecular flexibility index (Phi) is 44.9. The van der Waals surface area contributed by atoms with Crippen LogP contribution in [0.1, 0.15) is 0 Å². The van der Waals surface area contributed by atoms with Crippen molar-refractivity contribution >= 4 is 198 Å². The van der Waals surface area contributed by atoms with Crippen LogP contribution in [0.25, 0.3) is 0 Å². The van der Waals surface area contributed by atoms with Crippen LogP contribution in [0.2, 0.25) is 0 Å². The number of hydrogen-bond acceptors (Lipinski definition) is 69. The van der Waals surface area contributed by atoms with E-state index >= 15 is 0 Å². The molecule has 6 heterocycles. The summed E-state index contributed by atoms with van der Waals surface area (Å²) in [5.41, 5.74) is 0. The summed E-state index contributed by atoms with van der Waals surface area (Å²) in [5.74, 6) is 0. The van der Waals surface area contributed by atoms with E-state index in [1.165, 1.54) is 0 Å². The Hall–Kier alpha value is -1.95. The maximum absolute atomic E-state index is 13.3. The summed E-state index contributed by atoms with van der Waals surface area (Å²) in [6, 6.07) is 0. The van der Waals surface area contributed by atoms with Gasteiger partial charge in [0.15, 0.2) is 80.5 Å². The zero-order chi connectivity index (χ0) is 110. The maximum atomic E-state index is 13.3. The zero-order valence-corrected chi connectivity index (χ0v) is 84.8. The van der Waals surface area contributed by atoms with E-state index in [1.54, 1.807) is 0 Å². The van der Waals surface area contributed by atoms with Crippen LogP contribution in [0.3, 0.4) is 0 Å². The first kappa shape index (κ1) is 132. The van der Waals surface area contributed by atoms with E-state index in [4.69, 9.17) is 56.8 Å². The smallest absolute Gasteiger partial charge is 0.353 e. The number of rotatable bonds is 54. The molecule has 0 amide bonds. The van der Waals surface area contributed by atoms with Gasteiger partial charge in [0.2, 0.25) is 6.29 Å². The van der Waals surface area contributed by atoms with E-state index < -0.39 is 415 Å². The molecule has 6 saturated heterocycles. The summed E-state index contributed by atoms with van der Waals surface area (Å²) in [6.07, 6.45) is -115. The van der Waals surface area contributed by atoms with Crippen molar-refractivity contribution in [3.63, 3.8) is 0 Å². The third-order valence-corrected chi connectivity index (χ3v) is 24.9. The molecule has 6 fully saturated rings. The molecule has 108 heteroatoms. The molecule has 0 radical (unpaired) electrons. The second kappa shape index (κ2) is 48.8. The van der Waals surface area contributed by atoms with Crippen molar-refractivity contribution in [1.82, 2.24) is 0 Å². The molecule has 0 unspecified atom stereocenters. The first-order valence-corrected chi connectivity index (χ1v) is 59.5. The average Bonchev–Trinajstić information content (AvgIpc) is 0.748. The van der Waals surface area contributed by atoms with Crippen molar-refractivity contribution in [2.75, 3.05) is 40.1 Å². The summed E-state index contributed by atoms with van der Waals surface area (Å²) >= 11 is 0. The molecule has 0 aromatic rings. The zero-order valence-electron chi connectivity index (χ0n) is 67.3. The average molecular weight is 2540 g/mol. The van der Waals surface area contributed by atoms with Gasteiger partial charge in [-0.25, -0.2) is 79.5 Å². The fraction of sp³-hybridized carbons (Fsp3) is 1.00. The van der Waals surface area contributed by atoms with Crippen molar-refractivity contribution in [2.45, 2.75) is 184 Å². The van der Waals surface area contributed by atoms with Gasteiger partial charge in [-0.1, -0.05) is 0 Å². The van der Waals surface area contributed by atoms with Crippen molar-refractivity contribution in [2.24, 2.45) is 0 Å². The molecule has 0 aromatic heterocycles. The van der Waals surface area contributed by atoms with Crippen LogP contribution in [0, 0.1) is 0 Å². The molecule has 0 aliphatic carbocycles. The molecule has 6 aliphatic heterocycles. The van der Waals surface area contributed by atoms with Crippen LogP contribution in [0.15, 0.2) is 0 Å². The third kappa shape index (κ3) is 47.0. The molecule has 88 nitrogen and oxygen atoms in total. The molecule has 0 saturated carbocycles. The Morgan fingerprint density at radius 3 is 0.514 bits per heavy atom. The molecular weight excluding hydrogens is 2470 g/mol. The van der Waals surface area contributed by atoms with E-state index in [0.29, 0.717) is 0 Å². The van der Waals surface area contributed by atoms with E-state index in [1.807, 2.05) is 0 Å². The van der Waals surface area contributed by atoms with Gasteiger partial charge in [0.05, 0.1) is 33.0 Å². The standard InChI is InChI=1S/C36H62O88S19.Na/c1-94-30-23(117-136(70,71)72)17(105-34-27(121-140(82,83)84)21(115-134(64,65)66)16(112-131(55,56)57)11(104-34)6-99-126(40,41)42)12(108-127(43,44)45)7(100-30)2-96-32-25(119-138(76,77)78)19(113-132(58,59)60)14(110-129(49,50)51)9(102-32)4-95-31-24(118-137(73,74)75)18(106-35-28(122-141(85,86)87)22(116-135(67,68)69)29(123-142(88,89)90)36(107-35)124-143(91,92)93)13(109-128(46,47)48)8(101-31)3-97-33-26(120-139(79,80)81)20(114-133(61,62)63)15(111-130(52,53)54)10(103-33)5-98-125(37,38)39;/h7-36H,2-6H2,1H3,(H,37,38,39)(H,40,41,42)(H,43,44,45)(H,46,47,48)(H,49,50,51)(H,52,53,54)(H,55,56,57)(H,58,59,60)(H,61,62,63)(H,64,65,66)(H,67,68,69)(H,70,71,72)(H,73,74,75)(H,76,77,78)(H,79,80,81)(H,82,83,84)(H,85,86,87)(H,88,89,90)(H,91,92,93);/q;+1/t7-,8-,9-,10-,11-,12-,13-,14-,15-,16-,17+,18+,19+,20+,21+,22-,23-,24-,25-,26-,27-,28-,29+,30+,31-,32-,33-,34+,35-,36-;/m1./s1. The van der Waals surface area contributed by atoms with E-state index in [2.05, 4.69) is 79.5 Å². The fourth-order valence-electron chi connectivity index (χ4n) is 12.3. The largest absolute Gasteiger partial charge is 1.00 e. The van der Waals surface area contributed by atoms with E-state index in [9.17, 15) is 246 Å². The minimum Gasteiger partial charge on any atom is -0.353 e. The Morgan fingerprint density at radius 2 is 0.306 bits per heavy atom. The number of ether oxygens (including phenoxy) is 12. The predicted molar refractivity (Wildman–Crippen MR) is 397 cm³/mol. The van der Waals surface area contributed by atoms with Gasteiger partial charge in [-0.2, -0.15) is 160 Å². The van der Waals surface area contributed by atoms with Gasteiger partial charge < -0.3 is 56.8 Å². The normalized spacial score (nSPS) is 33.3. The third-order valence-electron chi connectivity index (χ3n) is 16.2. The molecule has 0 aromatic carbocycles. The Bertz CT molecular complexity index is 6840. The van der Waals surface area contributed by atoms with Gasteiger partial charge in [0.25, 0.3) is 0 Å². The second-order valence-electron chi connectivity index (χ2n) is 26.3. The SMILES string of the molecule is CO[C@H]1O[C@H](CO[C@@H]2O[C@H](CO[C@@H]3O[C@H](CO[C@@H]4O[C@H](COS(=O)(=O)O)[C@@H](OS(=O)(=O)O)[C@H](OS(=O)(=O)O)[C@H]4OS(=O)(=O)O)[C@@H](OS(=O)(=O)O)[C@H](O[C@@H]4O[C@H](OS(=O)(=O)O)[C@@H](OS(=O)(=O)O)[C@H](OS(=O)(=O)O)[C@H]4OS(=O)(=O)O)[C@H]3OS(=O)(=O)O)[C@@H](OS(=O)(=O)O)[C@H](OS(=O)(=O)O)[C@H]2OS(=O)(=O)O)[C@@H](OS(=O)(=O)O)[C@H](O[C@@H]2O[C@H](COS(=O)(=O)O)[C@@H](OS(=O)(=O)O)[C@H](OS(=O)(=O)O)[C@H]2OS(=O)(=O)O)[C@H]1OS(=O)(=O)O.[Na+]. The quantitative estimate of drug-likeness (QED) is 0.0199. The van der Waals surface area contributed by atoms with Crippen LogP contribution in [-0.4, -0.2) is 471 Å². The summed E-state index contributed by atoms with van der Waals surface area (Å²) in [4.78, 5) is 0. The van der Waals surface area contributed by atoms with Crippen LogP contribution in [-0.2, 0) is 334 Å². The molecule has 19 N–H and O–H groups in total. The molecule has 848 valence electrons. The topological polar surface area (TPSA) is 1320 Å². The van der Waals surface area contributed by atoms with Crippen molar-refractivity contribution in [1.29, 1.82) is 0 Å². The van der Waals surface area contributed by atoms with Crippen LogP contribution < -0.4 is 29.6 Å². The fourth-order valence-corrected chi connectivity index (χ4v) is 21.3. The van der Waals surface area contributed by atoms with Crippen LogP contribution in [0.5, 0.6) is 0 Å². The molecule has 6 aliphatic rings. The summed E-state index contributed by atoms with van der Waals surface area (Å²) in [6.45, 7) is -12.4. The van der Waals surface area contributed by atoms with Gasteiger partial charge in [0, 0.05) is 7.11 Å². The summed E-state index contributed by atoms with van der Waals surface area (Å²) in [5, 5.41) is 0. The predicted octanol–water partition coefficient (Wildman–Crippen LogP) is -19.8. The number of methoxy groups -OCH3 is 1. The van der Waals surface area contributed by atoms with Crippen LogP contribution >= 0.6 is 0 Å². The molecule has 0 spiro atoms. The molecule has 144 heavy (non-hydrogen) atoms. The Balaban J connectivity index is 0.0000365.